The molecule has 0 unspecified atom stereocenters. The van der Waals surface area contributed by atoms with Crippen molar-refractivity contribution in [2.75, 3.05) is 20.8 Å². The zero-order valence-electron chi connectivity index (χ0n) is 18.4. The van der Waals surface area contributed by atoms with E-state index in [1.54, 1.807) is 26.4 Å². The first kappa shape index (κ1) is 20.6. The number of carbonyl (C=O) groups is 1. The smallest absolute Gasteiger partial charge is 0.271 e. The summed E-state index contributed by atoms with van der Waals surface area (Å²) in [7, 11) is 3.23. The van der Waals surface area contributed by atoms with E-state index in [0.717, 1.165) is 28.2 Å². The molecule has 0 aliphatic carbocycles. The van der Waals surface area contributed by atoms with Gasteiger partial charge in [0, 0.05) is 36.7 Å². The fourth-order valence-corrected chi connectivity index (χ4v) is 4.33. The van der Waals surface area contributed by atoms with Gasteiger partial charge in [-0.1, -0.05) is 18.2 Å². The summed E-state index contributed by atoms with van der Waals surface area (Å²) >= 11 is 0. The quantitative estimate of drug-likeness (QED) is 0.469. The summed E-state index contributed by atoms with van der Waals surface area (Å²) in [5.74, 6) is 1.33. The van der Waals surface area contributed by atoms with Crippen molar-refractivity contribution in [3.63, 3.8) is 0 Å². The number of pyridine rings is 1. The van der Waals surface area contributed by atoms with E-state index in [1.807, 2.05) is 57.8 Å². The Balaban J connectivity index is 1.54. The second kappa shape index (κ2) is 8.32. The molecule has 0 atom stereocenters. The highest BCUT2D eigenvalue weighted by molar-refractivity contribution is 5.94. The van der Waals surface area contributed by atoms with Crippen LogP contribution >= 0.6 is 0 Å². The molecular weight excluding hydrogens is 416 g/mol. The summed E-state index contributed by atoms with van der Waals surface area (Å²) in [6.07, 6.45) is 0.651. The van der Waals surface area contributed by atoms with Crippen molar-refractivity contribution >= 4 is 11.6 Å². The first-order valence-electron chi connectivity index (χ1n) is 10.6. The van der Waals surface area contributed by atoms with E-state index >= 15 is 0 Å². The molecule has 1 aliphatic heterocycles. The Morgan fingerprint density at radius 2 is 1.88 bits per heavy atom. The van der Waals surface area contributed by atoms with E-state index in [1.165, 1.54) is 0 Å². The zero-order chi connectivity index (χ0) is 22.9. The normalized spacial score (nSPS) is 13.0. The van der Waals surface area contributed by atoms with Crippen LogP contribution in [0.5, 0.6) is 11.5 Å². The fourth-order valence-electron chi connectivity index (χ4n) is 4.33. The Morgan fingerprint density at radius 1 is 1.06 bits per heavy atom. The topological polar surface area (TPSA) is 79.9 Å². The van der Waals surface area contributed by atoms with Crippen LogP contribution in [0.25, 0.3) is 16.9 Å². The number of hydrogen-bond acceptors (Lipinski definition) is 5. The van der Waals surface area contributed by atoms with Crippen molar-refractivity contribution in [1.82, 2.24) is 14.3 Å². The molecule has 164 valence electrons. The molecule has 0 bridgehead atoms. The molecule has 0 saturated carbocycles. The molecule has 1 aliphatic rings. The van der Waals surface area contributed by atoms with Crippen LogP contribution in [-0.4, -0.2) is 41.0 Å². The van der Waals surface area contributed by atoms with Crippen molar-refractivity contribution in [1.29, 1.82) is 5.26 Å². The Kier molecular flexibility index (Phi) is 5.19. The van der Waals surface area contributed by atoms with Gasteiger partial charge in [0.1, 0.15) is 22.8 Å². The molecule has 2 aromatic heterocycles. The van der Waals surface area contributed by atoms with Crippen molar-refractivity contribution in [2.24, 2.45) is 0 Å². The van der Waals surface area contributed by atoms with Gasteiger partial charge in [0.15, 0.2) is 0 Å². The van der Waals surface area contributed by atoms with Crippen LogP contribution in [0.15, 0.2) is 60.7 Å². The van der Waals surface area contributed by atoms with Crippen LogP contribution in [0.3, 0.4) is 0 Å². The average Bonchev–Trinajstić information content (AvgIpc) is 3.18. The molecule has 2 aromatic carbocycles. The molecule has 7 heteroatoms. The lowest BCUT2D eigenvalue weighted by atomic mass is 10.1. The highest BCUT2D eigenvalue weighted by Gasteiger charge is 2.27. The lowest BCUT2D eigenvalue weighted by Crippen LogP contribution is -2.31. The van der Waals surface area contributed by atoms with Crippen LogP contribution in [0.4, 0.5) is 0 Å². The SMILES string of the molecule is COc1ccc(CN2CCc3c(-c4ccc(C#N)cc4)nc4cccc(n34)C2=O)c(OC)c1. The largest absolute Gasteiger partial charge is 0.497 e. The zero-order valence-corrected chi connectivity index (χ0v) is 18.4. The predicted molar refractivity (Wildman–Crippen MR) is 123 cm³/mol. The van der Waals surface area contributed by atoms with Gasteiger partial charge >= 0.3 is 0 Å². The maximum atomic E-state index is 13.6. The van der Waals surface area contributed by atoms with Crippen molar-refractivity contribution in [3.05, 3.63) is 83.2 Å². The van der Waals surface area contributed by atoms with Gasteiger partial charge in [0.2, 0.25) is 0 Å². The van der Waals surface area contributed by atoms with Gasteiger partial charge in [0.05, 0.1) is 37.2 Å². The first-order valence-corrected chi connectivity index (χ1v) is 10.6. The van der Waals surface area contributed by atoms with Gasteiger partial charge in [0.25, 0.3) is 5.91 Å². The maximum Gasteiger partial charge on any atom is 0.271 e. The Hall–Kier alpha value is -4.31. The van der Waals surface area contributed by atoms with Crippen LogP contribution < -0.4 is 9.47 Å². The number of carbonyl (C=O) groups excluding carboxylic acids is 1. The van der Waals surface area contributed by atoms with Crippen molar-refractivity contribution < 1.29 is 14.3 Å². The highest BCUT2D eigenvalue weighted by atomic mass is 16.5. The lowest BCUT2D eigenvalue weighted by Gasteiger charge is -2.22. The monoisotopic (exact) mass is 438 g/mol. The third kappa shape index (κ3) is 3.56. The molecule has 0 radical (unpaired) electrons. The summed E-state index contributed by atoms with van der Waals surface area (Å²) in [5, 5.41) is 9.11. The van der Waals surface area contributed by atoms with Crippen LogP contribution in [0.2, 0.25) is 0 Å². The van der Waals surface area contributed by atoms with E-state index in [4.69, 9.17) is 19.7 Å². The standard InChI is InChI=1S/C26H22N4O3/c1-32-20-11-10-19(23(14-20)33-2)16-29-13-12-21-25(18-8-6-17(15-27)7-9-18)28-24-5-3-4-22(26(29)31)30(21)24/h3-11,14H,12-13,16H2,1-2H3. The molecule has 1 amide bonds. The molecule has 0 N–H and O–H groups in total. The third-order valence-corrected chi connectivity index (χ3v) is 6.01. The van der Waals surface area contributed by atoms with Gasteiger partial charge in [-0.25, -0.2) is 4.98 Å². The van der Waals surface area contributed by atoms with E-state index in [-0.39, 0.29) is 5.91 Å². The molecule has 0 fully saturated rings. The average molecular weight is 438 g/mol. The molecule has 5 rings (SSSR count). The molecule has 7 nitrogen and oxygen atoms in total. The van der Waals surface area contributed by atoms with Crippen LogP contribution in [0, 0.1) is 11.3 Å². The molecular formula is C26H22N4O3. The number of methoxy groups -OCH3 is 2. The molecule has 0 spiro atoms. The number of imidazole rings is 1. The van der Waals surface area contributed by atoms with Crippen molar-refractivity contribution in [2.45, 2.75) is 13.0 Å². The Morgan fingerprint density at radius 3 is 2.61 bits per heavy atom. The second-order valence-corrected chi connectivity index (χ2v) is 7.86. The summed E-state index contributed by atoms with van der Waals surface area (Å²) in [5.41, 5.74) is 5.58. The Bertz CT molecular complexity index is 1400. The van der Waals surface area contributed by atoms with E-state index in [9.17, 15) is 4.79 Å². The summed E-state index contributed by atoms with van der Waals surface area (Å²) in [4.78, 5) is 20.2. The number of nitriles is 1. The van der Waals surface area contributed by atoms with Crippen LogP contribution in [-0.2, 0) is 13.0 Å². The van der Waals surface area contributed by atoms with E-state index in [2.05, 4.69) is 6.07 Å². The molecule has 0 saturated heterocycles. The summed E-state index contributed by atoms with van der Waals surface area (Å²) < 4.78 is 12.8. The number of ether oxygens (including phenoxy) is 2. The summed E-state index contributed by atoms with van der Waals surface area (Å²) in [6.45, 7) is 0.965. The van der Waals surface area contributed by atoms with Gasteiger partial charge in [-0.2, -0.15) is 5.26 Å². The minimum Gasteiger partial charge on any atom is -0.497 e. The number of rotatable bonds is 5. The van der Waals surface area contributed by atoms with Crippen LogP contribution in [0.1, 0.15) is 27.3 Å². The third-order valence-electron chi connectivity index (χ3n) is 6.01. The van der Waals surface area contributed by atoms with Gasteiger partial charge in [-0.15, -0.1) is 0 Å². The number of benzene rings is 2. The number of amides is 1. The van der Waals surface area contributed by atoms with Crippen molar-refractivity contribution in [3.8, 4) is 28.8 Å². The minimum atomic E-state index is -0.0546. The minimum absolute atomic E-state index is 0.0546. The lowest BCUT2D eigenvalue weighted by molar-refractivity contribution is 0.0744. The molecule has 33 heavy (non-hydrogen) atoms. The first-order chi connectivity index (χ1) is 16.1. The highest BCUT2D eigenvalue weighted by Crippen LogP contribution is 2.31. The number of nitrogens with zero attached hydrogens (tertiary/aromatic N) is 4. The predicted octanol–water partition coefficient (Wildman–Crippen LogP) is 4.09. The fraction of sp³-hybridized carbons (Fsp3) is 0.192. The maximum absolute atomic E-state index is 13.6. The van der Waals surface area contributed by atoms with Gasteiger partial charge in [-0.05, 0) is 36.4 Å². The van der Waals surface area contributed by atoms with E-state index < -0.39 is 0 Å². The number of aromatic nitrogens is 2. The van der Waals surface area contributed by atoms with Gasteiger partial charge < -0.3 is 14.4 Å². The van der Waals surface area contributed by atoms with E-state index in [0.29, 0.717) is 42.3 Å². The number of hydrogen-bond donors (Lipinski definition) is 0. The molecule has 3 heterocycles. The molecule has 4 aromatic rings. The summed E-state index contributed by atoms with van der Waals surface area (Å²) in [6, 6.07) is 20.8. The second-order valence-electron chi connectivity index (χ2n) is 7.86. The van der Waals surface area contributed by atoms with Gasteiger partial charge in [-0.3, -0.25) is 9.20 Å². The Labute approximate surface area is 191 Å².